The van der Waals surface area contributed by atoms with Gasteiger partial charge in [0.05, 0.1) is 33.7 Å². The average molecular weight is 563 g/mol. The summed E-state index contributed by atoms with van der Waals surface area (Å²) in [6, 6.07) is 36.0. The van der Waals surface area contributed by atoms with Crippen molar-refractivity contribution in [3.8, 4) is 16.9 Å². The van der Waals surface area contributed by atoms with E-state index in [4.69, 9.17) is 16.6 Å². The van der Waals surface area contributed by atoms with E-state index in [1.165, 1.54) is 21.9 Å². The Kier molecular flexibility index (Phi) is 5.94. The Hall–Kier alpha value is -5.06. The zero-order chi connectivity index (χ0) is 28.0. The van der Waals surface area contributed by atoms with E-state index in [2.05, 4.69) is 131 Å². The number of nitrogens with zero attached hydrogens (tertiary/aromatic N) is 2. The van der Waals surface area contributed by atoms with E-state index in [0.717, 1.165) is 51.6 Å². The van der Waals surface area contributed by atoms with Crippen LogP contribution in [0.5, 0.6) is 0 Å². The first-order valence-corrected chi connectivity index (χ1v) is 14.6. The molecule has 1 atom stereocenters. The van der Waals surface area contributed by atoms with E-state index in [-0.39, 0.29) is 6.04 Å². The Morgan fingerprint density at radius 2 is 1.60 bits per heavy atom. The first-order valence-electron chi connectivity index (χ1n) is 14.2. The molecule has 2 aliphatic heterocycles. The second-order valence-corrected chi connectivity index (χ2v) is 11.1. The van der Waals surface area contributed by atoms with Crippen LogP contribution in [0.15, 0.2) is 127 Å². The van der Waals surface area contributed by atoms with Gasteiger partial charge in [0.15, 0.2) is 0 Å². The monoisotopic (exact) mass is 562 g/mol. The third-order valence-corrected chi connectivity index (χ3v) is 8.41. The number of nitrogens with one attached hydrogen (secondary N) is 2. The summed E-state index contributed by atoms with van der Waals surface area (Å²) in [6.45, 7) is 0.793. The van der Waals surface area contributed by atoms with E-state index in [1.807, 2.05) is 18.2 Å². The van der Waals surface area contributed by atoms with Gasteiger partial charge in [0.2, 0.25) is 0 Å². The van der Waals surface area contributed by atoms with Crippen molar-refractivity contribution in [2.24, 2.45) is 0 Å². The molecule has 0 fully saturated rings. The van der Waals surface area contributed by atoms with Gasteiger partial charge >= 0.3 is 0 Å². The van der Waals surface area contributed by atoms with Crippen molar-refractivity contribution in [1.82, 2.24) is 14.9 Å². The second kappa shape index (κ2) is 10.1. The number of rotatable bonds is 4. The quantitative estimate of drug-likeness (QED) is 0.225. The van der Waals surface area contributed by atoms with Gasteiger partial charge in [-0.15, -0.1) is 0 Å². The molecule has 0 aliphatic carbocycles. The molecule has 0 saturated heterocycles. The average Bonchev–Trinajstić information content (AvgIpc) is 3.40. The fourth-order valence-electron chi connectivity index (χ4n) is 6.05. The molecular formula is C37H27ClN4. The van der Waals surface area contributed by atoms with Gasteiger partial charge in [0, 0.05) is 17.6 Å². The number of hydrogen-bond acceptors (Lipinski definition) is 3. The van der Waals surface area contributed by atoms with Crippen molar-refractivity contribution in [3.05, 3.63) is 149 Å². The van der Waals surface area contributed by atoms with Gasteiger partial charge in [-0.1, -0.05) is 109 Å². The fraction of sp³-hybridized carbons (Fsp3) is 0.0541. The molecule has 0 saturated carbocycles. The molecule has 0 radical (unpaired) electrons. The molecule has 5 heteroatoms. The summed E-state index contributed by atoms with van der Waals surface area (Å²) in [7, 11) is 0. The van der Waals surface area contributed by atoms with Gasteiger partial charge in [0.1, 0.15) is 5.82 Å². The third-order valence-electron chi connectivity index (χ3n) is 8.11. The largest absolute Gasteiger partial charge is 0.379 e. The number of hydrogen-bond donors (Lipinski definition) is 2. The molecule has 0 bridgehead atoms. The Morgan fingerprint density at radius 1 is 0.786 bits per heavy atom. The van der Waals surface area contributed by atoms with Crippen molar-refractivity contribution >= 4 is 50.7 Å². The number of halogens is 1. The van der Waals surface area contributed by atoms with Gasteiger partial charge in [0.25, 0.3) is 0 Å². The summed E-state index contributed by atoms with van der Waals surface area (Å²) >= 11 is 6.75. The number of fused-ring (bicyclic) bond motifs is 4. The van der Waals surface area contributed by atoms with Crippen molar-refractivity contribution in [1.29, 1.82) is 0 Å². The Morgan fingerprint density at radius 3 is 2.50 bits per heavy atom. The van der Waals surface area contributed by atoms with Gasteiger partial charge < -0.3 is 10.6 Å². The van der Waals surface area contributed by atoms with Crippen LogP contribution in [0.4, 0.5) is 5.69 Å². The van der Waals surface area contributed by atoms with Crippen LogP contribution in [0.3, 0.4) is 0 Å². The highest BCUT2D eigenvalue weighted by Crippen LogP contribution is 2.39. The number of para-hydroxylation sites is 1. The predicted octanol–water partition coefficient (Wildman–Crippen LogP) is 9.18. The topological polar surface area (TPSA) is 41.9 Å². The summed E-state index contributed by atoms with van der Waals surface area (Å²) in [5, 5.41) is 11.5. The lowest BCUT2D eigenvalue weighted by Crippen LogP contribution is -2.21. The summed E-state index contributed by atoms with van der Waals surface area (Å²) in [6.07, 6.45) is 10.7. The molecule has 1 unspecified atom stereocenters. The maximum atomic E-state index is 6.75. The van der Waals surface area contributed by atoms with E-state index >= 15 is 0 Å². The molecule has 0 spiro atoms. The minimum Gasteiger partial charge on any atom is -0.379 e. The van der Waals surface area contributed by atoms with Crippen LogP contribution in [-0.2, 0) is 0 Å². The summed E-state index contributed by atoms with van der Waals surface area (Å²) in [4.78, 5) is 5.15. The molecule has 4 heterocycles. The maximum Gasteiger partial charge on any atom is 0.138 e. The lowest BCUT2D eigenvalue weighted by molar-refractivity contribution is 0.732. The van der Waals surface area contributed by atoms with Gasteiger partial charge in [-0.3, -0.25) is 4.57 Å². The van der Waals surface area contributed by atoms with Crippen molar-refractivity contribution < 1.29 is 0 Å². The summed E-state index contributed by atoms with van der Waals surface area (Å²) in [5.41, 5.74) is 8.69. The maximum absolute atomic E-state index is 6.75. The molecule has 42 heavy (non-hydrogen) atoms. The summed E-state index contributed by atoms with van der Waals surface area (Å²) < 4.78 is 2.16. The SMILES string of the molecule is Clc1cccc2c3c(n(-c4cccc(C5C=CC=C(c6ccc(-c7ccc8ccccc8c7)cc6)N5)n4)c12)C=CCN3. The van der Waals surface area contributed by atoms with Crippen LogP contribution in [0.1, 0.15) is 23.0 Å². The molecule has 4 nitrogen and oxygen atoms in total. The van der Waals surface area contributed by atoms with Crippen LogP contribution in [0.2, 0.25) is 5.02 Å². The minimum absolute atomic E-state index is 0.0630. The second-order valence-electron chi connectivity index (χ2n) is 10.7. The Balaban J connectivity index is 1.09. The van der Waals surface area contributed by atoms with Gasteiger partial charge in [-0.05, 0) is 63.9 Å². The fourth-order valence-corrected chi connectivity index (χ4v) is 6.31. The smallest absolute Gasteiger partial charge is 0.138 e. The molecule has 202 valence electrons. The van der Waals surface area contributed by atoms with E-state index in [9.17, 15) is 0 Å². The van der Waals surface area contributed by atoms with Crippen LogP contribution in [0.25, 0.3) is 50.4 Å². The third kappa shape index (κ3) is 4.20. The normalized spacial score (nSPS) is 15.7. The van der Waals surface area contributed by atoms with Crippen molar-refractivity contribution in [2.45, 2.75) is 6.04 Å². The Labute approximate surface area is 249 Å². The number of pyridine rings is 1. The molecular weight excluding hydrogens is 536 g/mol. The highest BCUT2D eigenvalue weighted by Gasteiger charge is 2.22. The highest BCUT2D eigenvalue weighted by atomic mass is 35.5. The molecule has 8 rings (SSSR count). The Bertz CT molecular complexity index is 2080. The van der Waals surface area contributed by atoms with Crippen LogP contribution in [-0.4, -0.2) is 16.1 Å². The molecule has 2 aromatic heterocycles. The first-order chi connectivity index (χ1) is 20.7. The standard InChI is InChI=1S/C37H27ClN4/c38-30-10-3-9-29-36-34(14-6-22-39-36)42(37(29)30)35-15-5-13-33(41-35)32-12-4-11-31(40-32)26-19-16-25(17-20-26)28-21-18-24-7-1-2-8-27(24)23-28/h1-21,23,32,39-40H,22H2. The van der Waals surface area contributed by atoms with Crippen LogP contribution in [0, 0.1) is 0 Å². The van der Waals surface area contributed by atoms with Gasteiger partial charge in [-0.25, -0.2) is 4.98 Å². The van der Waals surface area contributed by atoms with E-state index < -0.39 is 0 Å². The number of anilines is 1. The van der Waals surface area contributed by atoms with Crippen LogP contribution >= 0.6 is 11.6 Å². The molecule has 2 aliphatic rings. The van der Waals surface area contributed by atoms with Gasteiger partial charge in [-0.2, -0.15) is 0 Å². The minimum atomic E-state index is -0.0630. The summed E-state index contributed by atoms with van der Waals surface area (Å²) in [5.74, 6) is 0.839. The molecule has 0 amide bonds. The lowest BCUT2D eigenvalue weighted by atomic mass is 9.98. The number of allylic oxidation sites excluding steroid dienone is 2. The van der Waals surface area contributed by atoms with Crippen LogP contribution < -0.4 is 10.6 Å². The van der Waals surface area contributed by atoms with E-state index in [1.54, 1.807) is 0 Å². The molecule has 2 N–H and O–H groups in total. The number of dihydropyridines is 1. The first kappa shape index (κ1) is 24.7. The van der Waals surface area contributed by atoms with E-state index in [0.29, 0.717) is 5.02 Å². The molecule has 6 aromatic rings. The number of benzene rings is 4. The lowest BCUT2D eigenvalue weighted by Gasteiger charge is -2.23. The predicted molar refractivity (Wildman–Crippen MR) is 176 cm³/mol. The highest BCUT2D eigenvalue weighted by molar-refractivity contribution is 6.36. The van der Waals surface area contributed by atoms with Crippen molar-refractivity contribution in [3.63, 3.8) is 0 Å². The number of aromatic nitrogens is 2. The van der Waals surface area contributed by atoms with Crippen molar-refractivity contribution in [2.75, 3.05) is 11.9 Å². The molecule has 4 aromatic carbocycles. The zero-order valence-corrected chi connectivity index (χ0v) is 23.5. The zero-order valence-electron chi connectivity index (χ0n) is 22.8.